The third-order valence-corrected chi connectivity index (χ3v) is 6.28. The van der Waals surface area contributed by atoms with Crippen LogP contribution in [-0.2, 0) is 14.8 Å². The topological polar surface area (TPSA) is 84.9 Å². The lowest BCUT2D eigenvalue weighted by Gasteiger charge is -2.29. The predicted molar refractivity (Wildman–Crippen MR) is 127 cm³/mol. The van der Waals surface area contributed by atoms with Crippen LogP contribution in [0.15, 0.2) is 60.7 Å². The molecular formula is C24H28N2O5S. The Morgan fingerprint density at radius 3 is 2.47 bits per heavy atom. The summed E-state index contributed by atoms with van der Waals surface area (Å²) >= 11 is 0. The summed E-state index contributed by atoms with van der Waals surface area (Å²) in [6, 6.07) is 18.0. The second-order valence-corrected chi connectivity index (χ2v) is 9.42. The number of hydrogen-bond donors (Lipinski definition) is 1. The van der Waals surface area contributed by atoms with E-state index in [1.54, 1.807) is 19.1 Å². The third-order valence-electron chi connectivity index (χ3n) is 5.05. The summed E-state index contributed by atoms with van der Waals surface area (Å²) in [6.07, 6.45) is 1.07. The van der Waals surface area contributed by atoms with Gasteiger partial charge < -0.3 is 14.8 Å². The van der Waals surface area contributed by atoms with E-state index < -0.39 is 22.0 Å². The molecule has 0 heterocycles. The molecule has 0 saturated carbocycles. The van der Waals surface area contributed by atoms with E-state index in [0.29, 0.717) is 17.2 Å². The van der Waals surface area contributed by atoms with E-state index in [4.69, 9.17) is 9.47 Å². The molecule has 3 aromatic carbocycles. The number of nitrogens with zero attached hydrogens (tertiary/aromatic N) is 1. The Hall–Kier alpha value is -3.26. The predicted octanol–water partition coefficient (Wildman–Crippen LogP) is 3.51. The van der Waals surface area contributed by atoms with Gasteiger partial charge in [0.1, 0.15) is 24.1 Å². The van der Waals surface area contributed by atoms with Crippen molar-refractivity contribution >= 4 is 32.4 Å². The van der Waals surface area contributed by atoms with Crippen LogP contribution in [0, 0.1) is 6.92 Å². The molecule has 0 aliphatic heterocycles. The third kappa shape index (κ3) is 5.50. The number of fused-ring (bicyclic) bond motifs is 1. The SMILES string of the molecule is COc1ccc(C)cc1N([C@@H](C)C(=O)NCCOc1ccc2ccccc2c1)S(C)(=O)=O. The molecule has 7 nitrogen and oxygen atoms in total. The molecule has 1 N–H and O–H groups in total. The van der Waals surface area contributed by atoms with Crippen LogP contribution in [0.3, 0.4) is 0 Å². The molecule has 170 valence electrons. The van der Waals surface area contributed by atoms with Crippen LogP contribution in [0.5, 0.6) is 11.5 Å². The summed E-state index contributed by atoms with van der Waals surface area (Å²) in [6.45, 7) is 3.88. The number of hydrogen-bond acceptors (Lipinski definition) is 5. The van der Waals surface area contributed by atoms with Gasteiger partial charge in [0, 0.05) is 0 Å². The van der Waals surface area contributed by atoms with Crippen molar-refractivity contribution in [1.82, 2.24) is 5.32 Å². The number of carbonyl (C=O) groups excluding carboxylic acids is 1. The molecule has 0 aliphatic rings. The van der Waals surface area contributed by atoms with Crippen LogP contribution in [0.4, 0.5) is 5.69 Å². The lowest BCUT2D eigenvalue weighted by atomic mass is 10.1. The van der Waals surface area contributed by atoms with Crippen molar-refractivity contribution in [2.24, 2.45) is 0 Å². The van der Waals surface area contributed by atoms with Crippen LogP contribution in [-0.4, -0.2) is 46.9 Å². The van der Waals surface area contributed by atoms with Crippen molar-refractivity contribution in [3.63, 3.8) is 0 Å². The summed E-state index contributed by atoms with van der Waals surface area (Å²) in [5, 5.41) is 4.94. The molecule has 0 aromatic heterocycles. The summed E-state index contributed by atoms with van der Waals surface area (Å²) in [4.78, 5) is 12.8. The minimum Gasteiger partial charge on any atom is -0.495 e. The second kappa shape index (κ2) is 9.91. The molecule has 0 aliphatic carbocycles. The van der Waals surface area contributed by atoms with Crippen LogP contribution in [0.2, 0.25) is 0 Å². The van der Waals surface area contributed by atoms with E-state index in [1.807, 2.05) is 55.5 Å². The van der Waals surface area contributed by atoms with Gasteiger partial charge >= 0.3 is 0 Å². The minimum absolute atomic E-state index is 0.235. The summed E-state index contributed by atoms with van der Waals surface area (Å²) in [7, 11) is -2.28. The summed E-state index contributed by atoms with van der Waals surface area (Å²) in [5.74, 6) is 0.648. The van der Waals surface area contributed by atoms with Crippen molar-refractivity contribution < 1.29 is 22.7 Å². The number of benzene rings is 3. The smallest absolute Gasteiger partial charge is 0.243 e. The van der Waals surface area contributed by atoms with Crippen molar-refractivity contribution in [3.05, 3.63) is 66.2 Å². The fourth-order valence-electron chi connectivity index (χ4n) is 3.50. The van der Waals surface area contributed by atoms with E-state index >= 15 is 0 Å². The van der Waals surface area contributed by atoms with Crippen LogP contribution in [0.25, 0.3) is 10.8 Å². The number of anilines is 1. The Balaban J connectivity index is 1.65. The molecule has 0 fully saturated rings. The van der Waals surface area contributed by atoms with Gasteiger partial charge in [-0.15, -0.1) is 0 Å². The first-order valence-electron chi connectivity index (χ1n) is 10.2. The lowest BCUT2D eigenvalue weighted by molar-refractivity contribution is -0.121. The molecule has 0 unspecified atom stereocenters. The van der Waals surface area contributed by atoms with Gasteiger partial charge in [-0.3, -0.25) is 9.10 Å². The standard InChI is InChI=1S/C24H28N2O5S/c1-17-9-12-23(30-3)22(15-17)26(32(4,28)29)18(2)24(27)25-13-14-31-21-11-10-19-7-5-6-8-20(19)16-21/h5-12,15-16,18H,13-14H2,1-4H3,(H,25,27)/t18-/m0/s1. The van der Waals surface area contributed by atoms with Gasteiger partial charge in [-0.1, -0.05) is 36.4 Å². The van der Waals surface area contributed by atoms with E-state index in [0.717, 1.165) is 26.9 Å². The van der Waals surface area contributed by atoms with E-state index in [1.165, 1.54) is 7.11 Å². The molecule has 0 radical (unpaired) electrons. The number of nitrogens with one attached hydrogen (secondary N) is 1. The van der Waals surface area contributed by atoms with Gasteiger partial charge in [-0.25, -0.2) is 8.42 Å². The maximum atomic E-state index is 12.8. The zero-order valence-electron chi connectivity index (χ0n) is 18.7. The highest BCUT2D eigenvalue weighted by Crippen LogP contribution is 2.32. The van der Waals surface area contributed by atoms with E-state index in [2.05, 4.69) is 5.32 Å². The lowest BCUT2D eigenvalue weighted by Crippen LogP contribution is -2.48. The number of amides is 1. The fourth-order valence-corrected chi connectivity index (χ4v) is 4.67. The first-order chi connectivity index (χ1) is 15.2. The van der Waals surface area contributed by atoms with Gasteiger partial charge in [0.05, 0.1) is 25.6 Å². The average Bonchev–Trinajstić information content (AvgIpc) is 2.75. The van der Waals surface area contributed by atoms with E-state index in [9.17, 15) is 13.2 Å². The van der Waals surface area contributed by atoms with Crippen molar-refractivity contribution in [2.75, 3.05) is 30.8 Å². The van der Waals surface area contributed by atoms with Crippen molar-refractivity contribution in [1.29, 1.82) is 0 Å². The van der Waals surface area contributed by atoms with Crippen molar-refractivity contribution in [2.45, 2.75) is 19.9 Å². The number of methoxy groups -OCH3 is 1. The highest BCUT2D eigenvalue weighted by Gasteiger charge is 2.31. The van der Waals surface area contributed by atoms with Crippen LogP contribution < -0.4 is 19.1 Å². The van der Waals surface area contributed by atoms with Gasteiger partial charge in [0.15, 0.2) is 0 Å². The molecule has 1 amide bonds. The molecule has 0 bridgehead atoms. The van der Waals surface area contributed by atoms with Crippen LogP contribution in [0.1, 0.15) is 12.5 Å². The highest BCUT2D eigenvalue weighted by molar-refractivity contribution is 7.92. The molecule has 1 atom stereocenters. The molecule has 3 aromatic rings. The first-order valence-corrected chi connectivity index (χ1v) is 12.1. The zero-order chi connectivity index (χ0) is 23.3. The minimum atomic E-state index is -3.74. The number of carbonyl (C=O) groups is 1. The zero-order valence-corrected chi connectivity index (χ0v) is 19.5. The molecular weight excluding hydrogens is 428 g/mol. The molecule has 0 spiro atoms. The Bertz CT molecular complexity index is 1210. The Morgan fingerprint density at radius 2 is 1.78 bits per heavy atom. The summed E-state index contributed by atoms with van der Waals surface area (Å²) in [5.41, 5.74) is 1.18. The molecule has 0 saturated heterocycles. The van der Waals surface area contributed by atoms with Gasteiger partial charge in [-0.05, 0) is 54.4 Å². The normalized spacial score (nSPS) is 12.2. The highest BCUT2D eigenvalue weighted by atomic mass is 32.2. The second-order valence-electron chi connectivity index (χ2n) is 7.56. The fraction of sp³-hybridized carbons (Fsp3) is 0.292. The Kier molecular flexibility index (Phi) is 7.25. The van der Waals surface area contributed by atoms with Gasteiger partial charge in [0.25, 0.3) is 0 Å². The largest absolute Gasteiger partial charge is 0.495 e. The van der Waals surface area contributed by atoms with Crippen molar-refractivity contribution in [3.8, 4) is 11.5 Å². The monoisotopic (exact) mass is 456 g/mol. The molecule has 8 heteroatoms. The maximum absolute atomic E-state index is 12.8. The van der Waals surface area contributed by atoms with E-state index in [-0.39, 0.29) is 13.2 Å². The number of sulfonamides is 1. The Morgan fingerprint density at radius 1 is 1.06 bits per heavy atom. The Labute approximate surface area is 189 Å². The quantitative estimate of drug-likeness (QED) is 0.498. The average molecular weight is 457 g/mol. The van der Waals surface area contributed by atoms with Gasteiger partial charge in [-0.2, -0.15) is 0 Å². The number of ether oxygens (including phenoxy) is 2. The number of aryl methyl sites for hydroxylation is 1. The van der Waals surface area contributed by atoms with Crippen LogP contribution >= 0.6 is 0 Å². The number of rotatable bonds is 9. The maximum Gasteiger partial charge on any atom is 0.243 e. The molecule has 3 rings (SSSR count). The first kappa shape index (κ1) is 23.4. The summed E-state index contributed by atoms with van der Waals surface area (Å²) < 4.78 is 37.2. The molecule has 32 heavy (non-hydrogen) atoms. The van der Waals surface area contributed by atoms with Gasteiger partial charge in [0.2, 0.25) is 15.9 Å².